The van der Waals surface area contributed by atoms with Crippen molar-refractivity contribution in [2.75, 3.05) is 42.5 Å². The molecule has 0 aliphatic carbocycles. The summed E-state index contributed by atoms with van der Waals surface area (Å²) in [6.45, 7) is 3.06. The number of carbonyl (C=O) groups excluding carboxylic acids is 1. The topological polar surface area (TPSA) is 70.4 Å². The fourth-order valence-electron chi connectivity index (χ4n) is 4.97. The van der Waals surface area contributed by atoms with Crippen molar-refractivity contribution in [3.8, 4) is 0 Å². The second-order valence-electron chi connectivity index (χ2n) is 9.13. The molecule has 1 aromatic heterocycles. The van der Waals surface area contributed by atoms with E-state index in [1.165, 1.54) is 5.69 Å². The highest BCUT2D eigenvalue weighted by Crippen LogP contribution is 2.36. The third kappa shape index (κ3) is 4.68. The highest BCUT2D eigenvalue weighted by atomic mass is 35.5. The van der Waals surface area contributed by atoms with E-state index < -0.39 is 0 Å². The van der Waals surface area contributed by atoms with Crippen molar-refractivity contribution in [1.29, 1.82) is 0 Å². The van der Waals surface area contributed by atoms with Crippen molar-refractivity contribution >= 4 is 34.8 Å². The van der Waals surface area contributed by atoms with Crippen molar-refractivity contribution in [1.82, 2.24) is 25.1 Å². The molecule has 0 spiro atoms. The standard InChI is InChI=1S/C28H26ClN7O/c29-23-13-11-22(12-14-23)25-19-26(21-7-3-1-4-8-21)36-28(30-31-32-36)35(25)20-27(37)34-17-15-33(16-18-34)24-9-5-2-6-10-24/h1-14,19,26H,15-18,20H2/t26-/m1/s1. The van der Waals surface area contributed by atoms with Crippen LogP contribution in [-0.2, 0) is 4.79 Å². The average Bonchev–Trinajstić information content (AvgIpc) is 3.45. The van der Waals surface area contributed by atoms with Crippen LogP contribution in [-0.4, -0.2) is 63.7 Å². The first kappa shape index (κ1) is 23.2. The number of tetrazole rings is 1. The molecule has 9 heteroatoms. The van der Waals surface area contributed by atoms with Gasteiger partial charge in [-0.15, -0.1) is 0 Å². The van der Waals surface area contributed by atoms with Gasteiger partial charge >= 0.3 is 0 Å². The zero-order chi connectivity index (χ0) is 25.2. The van der Waals surface area contributed by atoms with Gasteiger partial charge in [-0.2, -0.15) is 4.68 Å². The lowest BCUT2D eigenvalue weighted by molar-refractivity contribution is -0.129. The Morgan fingerprint density at radius 2 is 1.54 bits per heavy atom. The molecule has 6 rings (SSSR count). The summed E-state index contributed by atoms with van der Waals surface area (Å²) in [5.74, 6) is 0.581. The van der Waals surface area contributed by atoms with Gasteiger partial charge in [0.1, 0.15) is 12.6 Å². The van der Waals surface area contributed by atoms with Crippen LogP contribution in [0.1, 0.15) is 17.2 Å². The molecule has 186 valence electrons. The smallest absolute Gasteiger partial charge is 0.251 e. The van der Waals surface area contributed by atoms with Crippen molar-refractivity contribution < 1.29 is 4.79 Å². The van der Waals surface area contributed by atoms with Crippen molar-refractivity contribution in [3.05, 3.63) is 107 Å². The largest absolute Gasteiger partial charge is 0.368 e. The van der Waals surface area contributed by atoms with Gasteiger partial charge in [0.05, 0.1) is 5.70 Å². The molecule has 37 heavy (non-hydrogen) atoms. The Kier molecular flexibility index (Phi) is 6.32. The maximum Gasteiger partial charge on any atom is 0.251 e. The number of carbonyl (C=O) groups is 1. The van der Waals surface area contributed by atoms with E-state index in [1.807, 2.05) is 70.5 Å². The fourth-order valence-corrected chi connectivity index (χ4v) is 5.09. The highest BCUT2D eigenvalue weighted by Gasteiger charge is 2.33. The van der Waals surface area contributed by atoms with Crippen LogP contribution in [0, 0.1) is 0 Å². The molecule has 0 bridgehead atoms. The lowest BCUT2D eigenvalue weighted by Gasteiger charge is -2.38. The van der Waals surface area contributed by atoms with Crippen molar-refractivity contribution in [2.24, 2.45) is 0 Å². The van der Waals surface area contributed by atoms with Crippen LogP contribution in [0.3, 0.4) is 0 Å². The highest BCUT2D eigenvalue weighted by molar-refractivity contribution is 6.30. The normalized spacial score (nSPS) is 17.4. The summed E-state index contributed by atoms with van der Waals surface area (Å²) < 4.78 is 1.77. The summed E-state index contributed by atoms with van der Waals surface area (Å²) in [5.41, 5.74) is 4.07. The lowest BCUT2D eigenvalue weighted by Crippen LogP contribution is -2.51. The molecule has 2 aliphatic heterocycles. The number of anilines is 2. The van der Waals surface area contributed by atoms with Gasteiger partial charge in [-0.05, 0) is 51.9 Å². The number of aromatic nitrogens is 4. The van der Waals surface area contributed by atoms with Crippen LogP contribution in [0.5, 0.6) is 0 Å². The third-order valence-electron chi connectivity index (χ3n) is 6.92. The van der Waals surface area contributed by atoms with E-state index in [2.05, 4.69) is 50.8 Å². The van der Waals surface area contributed by atoms with Gasteiger partial charge in [-0.25, -0.2) is 0 Å². The predicted octanol–water partition coefficient (Wildman–Crippen LogP) is 4.13. The first-order chi connectivity index (χ1) is 18.2. The van der Waals surface area contributed by atoms with Crippen LogP contribution >= 0.6 is 11.6 Å². The molecule has 3 heterocycles. The summed E-state index contributed by atoms with van der Waals surface area (Å²) in [5, 5.41) is 13.3. The van der Waals surface area contributed by atoms with Gasteiger partial charge < -0.3 is 9.80 Å². The van der Waals surface area contributed by atoms with Crippen LogP contribution in [0.25, 0.3) is 5.70 Å². The summed E-state index contributed by atoms with van der Waals surface area (Å²) in [4.78, 5) is 19.7. The molecular weight excluding hydrogens is 486 g/mol. The van der Waals surface area contributed by atoms with E-state index in [-0.39, 0.29) is 18.5 Å². The van der Waals surface area contributed by atoms with Crippen LogP contribution in [0.4, 0.5) is 11.6 Å². The molecule has 4 aromatic rings. The number of hydrogen-bond acceptors (Lipinski definition) is 6. The van der Waals surface area contributed by atoms with Gasteiger partial charge in [-0.3, -0.25) is 9.69 Å². The Balaban J connectivity index is 1.28. The third-order valence-corrected chi connectivity index (χ3v) is 7.17. The second-order valence-corrected chi connectivity index (χ2v) is 9.56. The van der Waals surface area contributed by atoms with Crippen LogP contribution < -0.4 is 9.80 Å². The summed E-state index contributed by atoms with van der Waals surface area (Å²) in [6, 6.07) is 27.9. The second kappa shape index (κ2) is 10.1. The number of benzene rings is 3. The zero-order valence-electron chi connectivity index (χ0n) is 20.2. The molecule has 0 unspecified atom stereocenters. The quantitative estimate of drug-likeness (QED) is 0.401. The van der Waals surface area contributed by atoms with Crippen molar-refractivity contribution in [2.45, 2.75) is 6.04 Å². The maximum absolute atomic E-state index is 13.6. The number of fused-ring (bicyclic) bond motifs is 1. The monoisotopic (exact) mass is 511 g/mol. The maximum atomic E-state index is 13.6. The van der Waals surface area contributed by atoms with Gasteiger partial charge in [-0.1, -0.05) is 77.4 Å². The summed E-state index contributed by atoms with van der Waals surface area (Å²) >= 11 is 6.18. The van der Waals surface area contributed by atoms with Crippen LogP contribution in [0.15, 0.2) is 91.0 Å². The molecular formula is C28H26ClN7O. The molecule has 1 saturated heterocycles. The number of amides is 1. The number of halogens is 1. The number of piperazine rings is 1. The molecule has 1 amide bonds. The van der Waals surface area contributed by atoms with Gasteiger partial charge in [0.15, 0.2) is 0 Å². The Labute approximate surface area is 220 Å². The number of para-hydroxylation sites is 1. The molecule has 2 aliphatic rings. The molecule has 1 fully saturated rings. The fraction of sp³-hybridized carbons (Fsp3) is 0.214. The Morgan fingerprint density at radius 3 is 2.24 bits per heavy atom. The minimum absolute atomic E-state index is 0.0419. The molecule has 8 nitrogen and oxygen atoms in total. The number of nitrogens with zero attached hydrogens (tertiary/aromatic N) is 7. The lowest BCUT2D eigenvalue weighted by atomic mass is 10.0. The number of rotatable bonds is 5. The summed E-state index contributed by atoms with van der Waals surface area (Å²) in [7, 11) is 0. The minimum Gasteiger partial charge on any atom is -0.368 e. The molecule has 1 atom stereocenters. The molecule has 0 saturated carbocycles. The van der Waals surface area contributed by atoms with Crippen molar-refractivity contribution in [3.63, 3.8) is 0 Å². The van der Waals surface area contributed by atoms with E-state index in [0.717, 1.165) is 29.9 Å². The number of hydrogen-bond donors (Lipinski definition) is 0. The van der Waals surface area contributed by atoms with E-state index >= 15 is 0 Å². The van der Waals surface area contributed by atoms with Gasteiger partial charge in [0, 0.05) is 36.9 Å². The van der Waals surface area contributed by atoms with Crippen LogP contribution in [0.2, 0.25) is 5.02 Å². The summed E-state index contributed by atoms with van der Waals surface area (Å²) in [6.07, 6.45) is 2.11. The predicted molar refractivity (Wildman–Crippen MR) is 144 cm³/mol. The zero-order valence-corrected chi connectivity index (χ0v) is 20.9. The van der Waals surface area contributed by atoms with E-state index in [0.29, 0.717) is 24.1 Å². The Morgan fingerprint density at radius 1 is 0.865 bits per heavy atom. The molecule has 3 aromatic carbocycles. The first-order valence-corrected chi connectivity index (χ1v) is 12.7. The van der Waals surface area contributed by atoms with E-state index in [1.54, 1.807) is 4.68 Å². The Hall–Kier alpha value is -4.17. The first-order valence-electron chi connectivity index (χ1n) is 12.3. The SMILES string of the molecule is O=C(CN1C(c2ccc(Cl)cc2)=C[C@H](c2ccccc2)n2nnnc21)N1CCN(c2ccccc2)CC1. The Bertz CT molecular complexity index is 1400. The van der Waals surface area contributed by atoms with Gasteiger partial charge in [0.25, 0.3) is 5.95 Å². The van der Waals surface area contributed by atoms with E-state index in [9.17, 15) is 4.79 Å². The number of allylic oxidation sites excluding steroid dienone is 1. The average molecular weight is 512 g/mol. The van der Waals surface area contributed by atoms with E-state index in [4.69, 9.17) is 11.6 Å². The minimum atomic E-state index is -0.197. The molecule has 0 N–H and O–H groups in total. The molecule has 0 radical (unpaired) electrons. The van der Waals surface area contributed by atoms with Gasteiger partial charge in [0.2, 0.25) is 5.91 Å².